The van der Waals surface area contributed by atoms with E-state index in [0.29, 0.717) is 23.3 Å². The van der Waals surface area contributed by atoms with Gasteiger partial charge in [-0.05, 0) is 36.9 Å². The highest BCUT2D eigenvalue weighted by Crippen LogP contribution is 2.06. The molecule has 6 heteroatoms. The van der Waals surface area contributed by atoms with Crippen LogP contribution < -0.4 is 11.2 Å². The summed E-state index contributed by atoms with van der Waals surface area (Å²) in [7, 11) is 5.46. The maximum atomic E-state index is 11.9. The Bertz CT molecular complexity index is 465. The van der Waals surface area contributed by atoms with Crippen LogP contribution in [0.1, 0.15) is 5.69 Å². The molecule has 16 heavy (non-hydrogen) atoms. The van der Waals surface area contributed by atoms with Crippen molar-refractivity contribution in [1.82, 2.24) is 14.0 Å². The third kappa shape index (κ3) is 2.44. The summed E-state index contributed by atoms with van der Waals surface area (Å²) in [6.45, 7) is 2.80. The zero-order valence-electron chi connectivity index (χ0n) is 9.95. The number of hydrogen-bond acceptors (Lipinski definition) is 3. The van der Waals surface area contributed by atoms with Gasteiger partial charge in [-0.1, -0.05) is 0 Å². The van der Waals surface area contributed by atoms with Crippen molar-refractivity contribution in [3.63, 3.8) is 0 Å². The average molecular weight is 290 g/mol. The van der Waals surface area contributed by atoms with Crippen LogP contribution >= 0.6 is 15.9 Å². The molecular formula is C10H16BrN3O2. The Labute approximate surface area is 102 Å². The van der Waals surface area contributed by atoms with Gasteiger partial charge in [0.15, 0.2) is 0 Å². The number of likely N-dealkylation sites (N-methyl/N-ethyl adjacent to an activating group) is 1. The Hall–Kier alpha value is -0.880. The minimum atomic E-state index is -0.271. The molecule has 5 nitrogen and oxygen atoms in total. The van der Waals surface area contributed by atoms with E-state index in [-0.39, 0.29) is 11.2 Å². The molecule has 0 bridgehead atoms. The van der Waals surface area contributed by atoms with Crippen LogP contribution in [0.25, 0.3) is 0 Å². The van der Waals surface area contributed by atoms with E-state index in [2.05, 4.69) is 15.9 Å². The first kappa shape index (κ1) is 13.2. The van der Waals surface area contributed by atoms with Gasteiger partial charge in [-0.2, -0.15) is 0 Å². The van der Waals surface area contributed by atoms with E-state index in [0.717, 1.165) is 0 Å². The van der Waals surface area contributed by atoms with Gasteiger partial charge in [-0.25, -0.2) is 4.79 Å². The lowest BCUT2D eigenvalue weighted by Crippen LogP contribution is -2.42. The quantitative estimate of drug-likeness (QED) is 0.798. The van der Waals surface area contributed by atoms with E-state index in [1.165, 1.54) is 9.13 Å². The molecule has 0 aromatic carbocycles. The van der Waals surface area contributed by atoms with E-state index in [1.807, 2.05) is 19.0 Å². The lowest BCUT2D eigenvalue weighted by atomic mass is 10.4. The molecule has 0 radical (unpaired) electrons. The molecule has 0 aliphatic heterocycles. The molecule has 0 atom stereocenters. The highest BCUT2D eigenvalue weighted by atomic mass is 79.9. The lowest BCUT2D eigenvalue weighted by Gasteiger charge is -2.13. The first-order valence-corrected chi connectivity index (χ1v) is 5.76. The van der Waals surface area contributed by atoms with Crippen molar-refractivity contribution in [3.8, 4) is 0 Å². The summed E-state index contributed by atoms with van der Waals surface area (Å²) in [6, 6.07) is 0. The Morgan fingerprint density at radius 1 is 1.31 bits per heavy atom. The van der Waals surface area contributed by atoms with Crippen molar-refractivity contribution >= 4 is 15.9 Å². The second kappa shape index (κ2) is 4.97. The molecular weight excluding hydrogens is 274 g/mol. The van der Waals surface area contributed by atoms with E-state index >= 15 is 0 Å². The highest BCUT2D eigenvalue weighted by Gasteiger charge is 2.11. The predicted octanol–water partition coefficient (Wildman–Crippen LogP) is 0.180. The Balaban J connectivity index is 3.30. The summed E-state index contributed by atoms with van der Waals surface area (Å²) in [5, 5.41) is 0. The molecule has 0 saturated carbocycles. The largest absolute Gasteiger partial charge is 0.331 e. The van der Waals surface area contributed by atoms with Crippen LogP contribution in [0.5, 0.6) is 0 Å². The molecule has 1 aromatic heterocycles. The Morgan fingerprint density at radius 3 is 2.38 bits per heavy atom. The first-order chi connectivity index (χ1) is 7.36. The van der Waals surface area contributed by atoms with Crippen molar-refractivity contribution in [2.24, 2.45) is 7.05 Å². The van der Waals surface area contributed by atoms with Gasteiger partial charge in [0.05, 0.1) is 0 Å². The summed E-state index contributed by atoms with van der Waals surface area (Å²) in [5.74, 6) is 0. The summed E-state index contributed by atoms with van der Waals surface area (Å²) in [6.07, 6.45) is 0. The number of hydrogen-bond donors (Lipinski definition) is 0. The topological polar surface area (TPSA) is 47.2 Å². The maximum absolute atomic E-state index is 11.9. The van der Waals surface area contributed by atoms with Crippen LogP contribution in [0.4, 0.5) is 0 Å². The standard InChI is InChI=1S/C10H16BrN3O2/c1-7-8(11)9(15)14(6-5-12(2)3)10(16)13(7)4/h5-6H2,1-4H3. The normalized spacial score (nSPS) is 11.1. The molecule has 0 aliphatic rings. The minimum Gasteiger partial charge on any atom is -0.308 e. The second-order valence-electron chi connectivity index (χ2n) is 4.00. The molecule has 0 fully saturated rings. The zero-order valence-corrected chi connectivity index (χ0v) is 11.5. The molecule has 0 unspecified atom stereocenters. The molecule has 0 amide bonds. The highest BCUT2D eigenvalue weighted by molar-refractivity contribution is 9.10. The van der Waals surface area contributed by atoms with Crippen molar-refractivity contribution in [2.45, 2.75) is 13.5 Å². The van der Waals surface area contributed by atoms with Crippen molar-refractivity contribution < 1.29 is 0 Å². The maximum Gasteiger partial charge on any atom is 0.331 e. The van der Waals surface area contributed by atoms with Crippen LogP contribution in [-0.2, 0) is 13.6 Å². The van der Waals surface area contributed by atoms with Gasteiger partial charge in [-0.15, -0.1) is 0 Å². The van der Waals surface area contributed by atoms with E-state index in [9.17, 15) is 9.59 Å². The summed E-state index contributed by atoms with van der Waals surface area (Å²) in [5.41, 5.74) is 0.117. The van der Waals surface area contributed by atoms with E-state index in [1.54, 1.807) is 14.0 Å². The van der Waals surface area contributed by atoms with Crippen LogP contribution in [0.15, 0.2) is 14.1 Å². The molecule has 0 spiro atoms. The molecule has 90 valence electrons. The molecule has 0 N–H and O–H groups in total. The van der Waals surface area contributed by atoms with Crippen LogP contribution in [0.2, 0.25) is 0 Å². The van der Waals surface area contributed by atoms with E-state index < -0.39 is 0 Å². The number of nitrogens with zero attached hydrogens (tertiary/aromatic N) is 3. The van der Waals surface area contributed by atoms with Crippen LogP contribution in [0, 0.1) is 6.92 Å². The average Bonchev–Trinajstić information content (AvgIpc) is 2.23. The fourth-order valence-electron chi connectivity index (χ4n) is 1.33. The van der Waals surface area contributed by atoms with E-state index in [4.69, 9.17) is 0 Å². The summed E-state index contributed by atoms with van der Waals surface area (Å²) in [4.78, 5) is 25.7. The fourth-order valence-corrected chi connectivity index (χ4v) is 1.81. The number of halogens is 1. The lowest BCUT2D eigenvalue weighted by molar-refractivity contribution is 0.373. The summed E-state index contributed by atoms with van der Waals surface area (Å²) < 4.78 is 3.17. The third-order valence-corrected chi connectivity index (χ3v) is 3.46. The monoisotopic (exact) mass is 289 g/mol. The van der Waals surface area contributed by atoms with Gasteiger partial charge in [0, 0.05) is 25.8 Å². The molecule has 0 aliphatic carbocycles. The number of rotatable bonds is 3. The van der Waals surface area contributed by atoms with Crippen molar-refractivity contribution in [2.75, 3.05) is 20.6 Å². The predicted molar refractivity (Wildman–Crippen MR) is 66.9 cm³/mol. The SMILES string of the molecule is Cc1c(Br)c(=O)n(CCN(C)C)c(=O)n1C. The zero-order chi connectivity index (χ0) is 12.5. The van der Waals surface area contributed by atoms with Gasteiger partial charge in [0.2, 0.25) is 0 Å². The Kier molecular flexibility index (Phi) is 4.09. The Morgan fingerprint density at radius 2 is 1.88 bits per heavy atom. The van der Waals surface area contributed by atoms with Gasteiger partial charge in [0.25, 0.3) is 5.56 Å². The fraction of sp³-hybridized carbons (Fsp3) is 0.600. The van der Waals surface area contributed by atoms with Gasteiger partial charge in [0.1, 0.15) is 4.47 Å². The molecule has 0 saturated heterocycles. The van der Waals surface area contributed by atoms with Crippen LogP contribution in [0.3, 0.4) is 0 Å². The minimum absolute atomic E-state index is 0.262. The third-order valence-electron chi connectivity index (χ3n) is 2.54. The first-order valence-electron chi connectivity index (χ1n) is 4.97. The second-order valence-corrected chi connectivity index (χ2v) is 4.79. The van der Waals surface area contributed by atoms with Crippen LogP contribution in [-0.4, -0.2) is 34.7 Å². The molecule has 1 aromatic rings. The van der Waals surface area contributed by atoms with Gasteiger partial charge in [-0.3, -0.25) is 13.9 Å². The summed E-state index contributed by atoms with van der Waals surface area (Å²) >= 11 is 3.22. The van der Waals surface area contributed by atoms with Gasteiger partial charge < -0.3 is 4.90 Å². The number of aromatic nitrogens is 2. The molecule has 1 rings (SSSR count). The van der Waals surface area contributed by atoms with Gasteiger partial charge >= 0.3 is 5.69 Å². The molecule has 1 heterocycles. The van der Waals surface area contributed by atoms with Crippen molar-refractivity contribution in [3.05, 3.63) is 31.0 Å². The van der Waals surface area contributed by atoms with Crippen molar-refractivity contribution in [1.29, 1.82) is 0 Å². The smallest absolute Gasteiger partial charge is 0.308 e.